The van der Waals surface area contributed by atoms with Crippen molar-refractivity contribution in [2.45, 2.75) is 0 Å². The van der Waals surface area contributed by atoms with Crippen molar-refractivity contribution < 1.29 is 9.34 Å². The summed E-state index contributed by atoms with van der Waals surface area (Å²) in [5.41, 5.74) is 5.86. The minimum Gasteiger partial charge on any atom is -0.456 e. The van der Waals surface area contributed by atoms with Crippen molar-refractivity contribution >= 4 is 40.8 Å². The topological polar surface area (TPSA) is 148 Å². The molecule has 0 atom stereocenters. The maximum absolute atomic E-state index is 11.3. The van der Waals surface area contributed by atoms with Crippen LogP contribution in [0.25, 0.3) is 23.0 Å². The highest BCUT2D eigenvalue weighted by Gasteiger charge is 2.19. The molecule has 0 spiro atoms. The second kappa shape index (κ2) is 7.95. The van der Waals surface area contributed by atoms with E-state index in [2.05, 4.69) is 15.0 Å². The Balaban J connectivity index is 2.02. The molecule has 0 aliphatic carbocycles. The predicted molar refractivity (Wildman–Crippen MR) is 108 cm³/mol. The molecule has 0 unspecified atom stereocenters. The third-order valence-corrected chi connectivity index (χ3v) is 3.97. The third-order valence-electron chi connectivity index (χ3n) is 3.74. The molecule has 0 saturated heterocycles. The van der Waals surface area contributed by atoms with Crippen LogP contribution in [0.3, 0.4) is 0 Å². The number of nitrogens with two attached hydrogens (primary N) is 1. The predicted octanol–water partition coefficient (Wildman–Crippen LogP) is 3.41. The summed E-state index contributed by atoms with van der Waals surface area (Å²) in [6, 6.07) is 9.39. The summed E-state index contributed by atoms with van der Waals surface area (Å²) in [6.45, 7) is 0. The molecule has 3 aromatic rings. The molecular weight excluding hydrogens is 398 g/mol. The molecule has 146 valence electrons. The lowest BCUT2D eigenvalue weighted by molar-refractivity contribution is -0.384. The van der Waals surface area contributed by atoms with Crippen molar-refractivity contribution in [2.75, 3.05) is 24.7 Å². The van der Waals surface area contributed by atoms with E-state index in [1.807, 2.05) is 6.07 Å². The first-order chi connectivity index (χ1) is 13.8. The van der Waals surface area contributed by atoms with Crippen LogP contribution >= 0.6 is 11.6 Å². The Labute approximate surface area is 170 Å². The van der Waals surface area contributed by atoms with Gasteiger partial charge in [0.1, 0.15) is 23.2 Å². The van der Waals surface area contributed by atoms with E-state index in [0.717, 1.165) is 0 Å². The number of rotatable bonds is 5. The summed E-state index contributed by atoms with van der Waals surface area (Å²) in [4.78, 5) is 24.5. The smallest absolute Gasteiger partial charge is 0.281 e. The molecule has 0 fully saturated rings. The van der Waals surface area contributed by atoms with Crippen LogP contribution < -0.4 is 10.6 Å². The third kappa shape index (κ3) is 4.31. The first kappa shape index (κ1) is 19.8. The molecule has 2 N–H and O–H groups in total. The lowest BCUT2D eigenvalue weighted by atomic mass is 10.1. The Bertz CT molecular complexity index is 1160. The number of benzene rings is 1. The molecule has 0 radical (unpaired) electrons. The van der Waals surface area contributed by atoms with Gasteiger partial charge in [0, 0.05) is 31.3 Å². The Morgan fingerprint density at radius 2 is 2.07 bits per heavy atom. The van der Waals surface area contributed by atoms with Gasteiger partial charge in [0.05, 0.1) is 10.5 Å². The Morgan fingerprint density at radius 1 is 1.31 bits per heavy atom. The van der Waals surface area contributed by atoms with E-state index in [1.165, 1.54) is 24.3 Å². The van der Waals surface area contributed by atoms with Gasteiger partial charge in [-0.2, -0.15) is 20.2 Å². The normalized spacial score (nSPS) is 11.2. The Kier molecular flexibility index (Phi) is 5.43. The van der Waals surface area contributed by atoms with E-state index in [0.29, 0.717) is 5.95 Å². The summed E-state index contributed by atoms with van der Waals surface area (Å²) in [5, 5.41) is 21.0. The molecule has 0 aliphatic heterocycles. The van der Waals surface area contributed by atoms with E-state index in [1.54, 1.807) is 31.1 Å². The maximum Gasteiger partial charge on any atom is 0.281 e. The van der Waals surface area contributed by atoms with Crippen LogP contribution in [0.4, 0.5) is 17.6 Å². The lowest BCUT2D eigenvalue weighted by Crippen LogP contribution is -2.15. The number of aromatic nitrogens is 3. The van der Waals surface area contributed by atoms with E-state index in [9.17, 15) is 15.4 Å². The standard InChI is InChI=1S/C18H14ClN7O3/c1-25(2)18-23-16(22-17(21)24-18)10(9-20)7-12-4-6-15(29-12)13-5-3-11(19)8-14(13)26(27)28/h3-8H,1-2H3,(H2,21,22,23,24)/b10-7+. The molecule has 0 amide bonds. The number of anilines is 2. The molecule has 0 aliphatic rings. The zero-order valence-electron chi connectivity index (χ0n) is 15.3. The molecule has 0 bridgehead atoms. The summed E-state index contributed by atoms with van der Waals surface area (Å²) in [5.74, 6) is 0.883. The minimum absolute atomic E-state index is 0.0308. The van der Waals surface area contributed by atoms with E-state index in [-0.39, 0.29) is 45.1 Å². The highest BCUT2D eigenvalue weighted by Crippen LogP contribution is 2.34. The molecule has 2 aromatic heterocycles. The zero-order chi connectivity index (χ0) is 21.1. The Hall–Kier alpha value is -3.97. The van der Waals surface area contributed by atoms with Gasteiger partial charge in [-0.25, -0.2) is 0 Å². The van der Waals surface area contributed by atoms with Gasteiger partial charge in [0.2, 0.25) is 11.9 Å². The highest BCUT2D eigenvalue weighted by molar-refractivity contribution is 6.30. The van der Waals surface area contributed by atoms with Crippen LogP contribution in [-0.4, -0.2) is 34.0 Å². The first-order valence-electron chi connectivity index (χ1n) is 8.13. The van der Waals surface area contributed by atoms with Gasteiger partial charge in [-0.1, -0.05) is 11.6 Å². The molecule has 11 heteroatoms. The van der Waals surface area contributed by atoms with Crippen LogP contribution in [0.2, 0.25) is 5.02 Å². The van der Waals surface area contributed by atoms with Gasteiger partial charge in [-0.3, -0.25) is 10.1 Å². The maximum atomic E-state index is 11.3. The van der Waals surface area contributed by atoms with Crippen LogP contribution in [0.5, 0.6) is 0 Å². The minimum atomic E-state index is -0.545. The molecular formula is C18H14ClN7O3. The van der Waals surface area contributed by atoms with Gasteiger partial charge >= 0.3 is 0 Å². The van der Waals surface area contributed by atoms with Crippen molar-refractivity contribution in [2.24, 2.45) is 0 Å². The highest BCUT2D eigenvalue weighted by atomic mass is 35.5. The van der Waals surface area contributed by atoms with Gasteiger partial charge in [0.15, 0.2) is 5.82 Å². The van der Waals surface area contributed by atoms with Crippen LogP contribution in [-0.2, 0) is 0 Å². The zero-order valence-corrected chi connectivity index (χ0v) is 16.1. The van der Waals surface area contributed by atoms with Crippen molar-refractivity contribution in [3.8, 4) is 17.4 Å². The van der Waals surface area contributed by atoms with Gasteiger partial charge < -0.3 is 15.1 Å². The summed E-state index contributed by atoms with van der Waals surface area (Å²) >= 11 is 5.84. The second-order valence-electron chi connectivity index (χ2n) is 6.00. The number of nitriles is 1. The number of allylic oxidation sites excluding steroid dienone is 1. The molecule has 2 heterocycles. The number of furan rings is 1. The summed E-state index contributed by atoms with van der Waals surface area (Å²) < 4.78 is 5.67. The fourth-order valence-corrected chi connectivity index (χ4v) is 2.60. The van der Waals surface area contributed by atoms with Crippen LogP contribution in [0.1, 0.15) is 11.6 Å². The second-order valence-corrected chi connectivity index (χ2v) is 6.44. The fourth-order valence-electron chi connectivity index (χ4n) is 2.43. The number of halogens is 1. The number of nitro groups is 1. The molecule has 0 saturated carbocycles. The van der Waals surface area contributed by atoms with Crippen molar-refractivity contribution in [1.82, 2.24) is 15.0 Å². The summed E-state index contributed by atoms with van der Waals surface area (Å²) in [7, 11) is 3.46. The van der Waals surface area contributed by atoms with E-state index >= 15 is 0 Å². The molecule has 1 aromatic carbocycles. The molecule has 3 rings (SSSR count). The average Bonchev–Trinajstić information content (AvgIpc) is 3.13. The number of nitrogen functional groups attached to an aromatic ring is 1. The first-order valence-corrected chi connectivity index (χ1v) is 8.51. The largest absolute Gasteiger partial charge is 0.456 e. The van der Waals surface area contributed by atoms with E-state index < -0.39 is 4.92 Å². The average molecular weight is 412 g/mol. The number of nitrogens with zero attached hydrogens (tertiary/aromatic N) is 6. The van der Waals surface area contributed by atoms with Gasteiger partial charge in [-0.05, 0) is 24.3 Å². The quantitative estimate of drug-likeness (QED) is 0.378. The number of hydrogen-bond donors (Lipinski definition) is 1. The molecule has 29 heavy (non-hydrogen) atoms. The van der Waals surface area contributed by atoms with Crippen molar-refractivity contribution in [3.05, 3.63) is 57.1 Å². The van der Waals surface area contributed by atoms with Gasteiger partial charge in [0.25, 0.3) is 5.69 Å². The van der Waals surface area contributed by atoms with E-state index in [4.69, 9.17) is 21.8 Å². The fraction of sp³-hybridized carbons (Fsp3) is 0.111. The molecule has 10 nitrogen and oxygen atoms in total. The SMILES string of the molecule is CN(C)c1nc(N)nc(/C(C#N)=C/c2ccc(-c3ccc(Cl)cc3[N+](=O)[O-])o2)n1. The van der Waals surface area contributed by atoms with Crippen molar-refractivity contribution in [3.63, 3.8) is 0 Å². The van der Waals surface area contributed by atoms with Crippen molar-refractivity contribution in [1.29, 1.82) is 5.26 Å². The monoisotopic (exact) mass is 411 g/mol. The van der Waals surface area contributed by atoms with Crippen LogP contribution in [0.15, 0.2) is 34.7 Å². The van der Waals surface area contributed by atoms with Crippen LogP contribution in [0, 0.1) is 21.4 Å². The summed E-state index contributed by atoms with van der Waals surface area (Å²) in [6.07, 6.45) is 1.42. The number of nitro benzene ring substituents is 1. The lowest BCUT2D eigenvalue weighted by Gasteiger charge is -2.10. The Morgan fingerprint density at radius 3 is 2.72 bits per heavy atom. The van der Waals surface area contributed by atoms with Gasteiger partial charge in [-0.15, -0.1) is 0 Å². The number of hydrogen-bond acceptors (Lipinski definition) is 9.